The number of hydrogen-bond donors (Lipinski definition) is 1. The zero-order valence-electron chi connectivity index (χ0n) is 8.98. The van der Waals surface area contributed by atoms with Gasteiger partial charge in [-0.1, -0.05) is 0 Å². The number of likely N-dealkylation sites (N-methyl/N-ethyl adjacent to an activating group) is 1. The summed E-state index contributed by atoms with van der Waals surface area (Å²) < 4.78 is 35.5. The molecule has 15 heavy (non-hydrogen) atoms. The highest BCUT2D eigenvalue weighted by molar-refractivity contribution is 5.94. The standard InChI is InChI=1S/C9H15F3N2O/c1-7(13-4-5-14(2)3)6-8(15)9(10,11)12/h6,13H,4-5H2,1-3H3/b7-6-. The molecule has 0 heterocycles. The molecule has 0 aliphatic heterocycles. The first-order valence-corrected chi connectivity index (χ1v) is 4.41. The van der Waals surface area contributed by atoms with E-state index in [0.29, 0.717) is 19.2 Å². The van der Waals surface area contributed by atoms with E-state index in [2.05, 4.69) is 5.32 Å². The number of halogens is 3. The molecule has 0 saturated heterocycles. The van der Waals surface area contributed by atoms with Crippen molar-refractivity contribution in [1.29, 1.82) is 0 Å². The first kappa shape index (κ1) is 14.0. The molecular weight excluding hydrogens is 209 g/mol. The topological polar surface area (TPSA) is 32.3 Å². The van der Waals surface area contributed by atoms with Gasteiger partial charge in [-0.05, 0) is 21.0 Å². The Bertz CT molecular complexity index is 246. The molecule has 0 bridgehead atoms. The van der Waals surface area contributed by atoms with Gasteiger partial charge in [-0.25, -0.2) is 0 Å². The lowest BCUT2D eigenvalue weighted by molar-refractivity contribution is -0.165. The summed E-state index contributed by atoms with van der Waals surface area (Å²) in [7, 11) is 3.70. The summed E-state index contributed by atoms with van der Waals surface area (Å²) in [5.74, 6) is -1.84. The molecule has 0 spiro atoms. The van der Waals surface area contributed by atoms with Gasteiger partial charge in [0, 0.05) is 24.9 Å². The van der Waals surface area contributed by atoms with Crippen LogP contribution >= 0.6 is 0 Å². The van der Waals surface area contributed by atoms with Crippen LogP contribution in [-0.2, 0) is 4.79 Å². The third kappa shape index (κ3) is 6.96. The molecule has 0 unspecified atom stereocenters. The molecule has 0 aliphatic carbocycles. The predicted molar refractivity (Wildman–Crippen MR) is 51.4 cm³/mol. The van der Waals surface area contributed by atoms with Crippen LogP contribution in [0.4, 0.5) is 13.2 Å². The van der Waals surface area contributed by atoms with E-state index in [-0.39, 0.29) is 5.70 Å². The Morgan fingerprint density at radius 2 is 1.93 bits per heavy atom. The number of carbonyl (C=O) groups is 1. The van der Waals surface area contributed by atoms with Crippen LogP contribution in [0.15, 0.2) is 11.8 Å². The summed E-state index contributed by atoms with van der Waals surface area (Å²) in [6, 6.07) is 0. The van der Waals surface area contributed by atoms with Crippen LogP contribution in [0.25, 0.3) is 0 Å². The Labute approximate surface area is 86.9 Å². The Balaban J connectivity index is 4.04. The van der Waals surface area contributed by atoms with Crippen molar-refractivity contribution in [3.05, 3.63) is 11.8 Å². The lowest BCUT2D eigenvalue weighted by atomic mass is 10.3. The Morgan fingerprint density at radius 3 is 2.33 bits per heavy atom. The molecule has 0 fully saturated rings. The summed E-state index contributed by atoms with van der Waals surface area (Å²) in [6.07, 6.45) is -4.22. The minimum absolute atomic E-state index is 0.221. The van der Waals surface area contributed by atoms with E-state index in [1.54, 1.807) is 0 Å². The number of allylic oxidation sites excluding steroid dienone is 2. The fourth-order valence-electron chi connectivity index (χ4n) is 0.806. The second-order valence-corrected chi connectivity index (χ2v) is 3.42. The maximum Gasteiger partial charge on any atom is 0.454 e. The third-order valence-electron chi connectivity index (χ3n) is 1.59. The van der Waals surface area contributed by atoms with Gasteiger partial charge >= 0.3 is 6.18 Å². The molecule has 0 atom stereocenters. The van der Waals surface area contributed by atoms with Crippen molar-refractivity contribution in [2.45, 2.75) is 13.1 Å². The normalized spacial score (nSPS) is 13.1. The minimum atomic E-state index is -4.79. The summed E-state index contributed by atoms with van der Waals surface area (Å²) in [6.45, 7) is 2.62. The fraction of sp³-hybridized carbons (Fsp3) is 0.667. The molecule has 0 saturated carbocycles. The molecule has 0 aliphatic rings. The molecular formula is C9H15F3N2O. The van der Waals surface area contributed by atoms with Crippen molar-refractivity contribution >= 4 is 5.78 Å². The molecule has 0 aromatic rings. The zero-order chi connectivity index (χ0) is 12.1. The van der Waals surface area contributed by atoms with Gasteiger partial charge in [0.2, 0.25) is 0 Å². The number of nitrogens with zero attached hydrogens (tertiary/aromatic N) is 1. The number of alkyl halides is 3. The molecule has 3 nitrogen and oxygen atoms in total. The third-order valence-corrected chi connectivity index (χ3v) is 1.59. The van der Waals surface area contributed by atoms with Crippen LogP contribution in [0.3, 0.4) is 0 Å². The molecule has 0 radical (unpaired) electrons. The van der Waals surface area contributed by atoms with Gasteiger partial charge in [0.05, 0.1) is 0 Å². The molecule has 6 heteroatoms. The highest BCUT2D eigenvalue weighted by Gasteiger charge is 2.36. The van der Waals surface area contributed by atoms with E-state index in [1.165, 1.54) is 6.92 Å². The van der Waals surface area contributed by atoms with Crippen LogP contribution in [0.1, 0.15) is 6.92 Å². The highest BCUT2D eigenvalue weighted by Crippen LogP contribution is 2.16. The number of nitrogens with one attached hydrogen (secondary N) is 1. The zero-order valence-corrected chi connectivity index (χ0v) is 8.98. The van der Waals surface area contributed by atoms with Crippen LogP contribution < -0.4 is 5.32 Å². The van der Waals surface area contributed by atoms with Crippen molar-refractivity contribution in [1.82, 2.24) is 10.2 Å². The fourth-order valence-corrected chi connectivity index (χ4v) is 0.806. The van der Waals surface area contributed by atoms with Crippen LogP contribution in [0, 0.1) is 0 Å². The van der Waals surface area contributed by atoms with Crippen LogP contribution in [0.2, 0.25) is 0 Å². The van der Waals surface area contributed by atoms with Gasteiger partial charge < -0.3 is 10.2 Å². The predicted octanol–water partition coefficient (Wildman–Crippen LogP) is 1.17. The van der Waals surface area contributed by atoms with Crippen molar-refractivity contribution < 1.29 is 18.0 Å². The maximum atomic E-state index is 11.8. The monoisotopic (exact) mass is 224 g/mol. The van der Waals surface area contributed by atoms with Crippen molar-refractivity contribution in [3.63, 3.8) is 0 Å². The molecule has 0 aromatic carbocycles. The molecule has 0 rings (SSSR count). The van der Waals surface area contributed by atoms with E-state index in [9.17, 15) is 18.0 Å². The maximum absolute atomic E-state index is 11.8. The Kier molecular flexibility index (Phi) is 5.35. The van der Waals surface area contributed by atoms with E-state index < -0.39 is 12.0 Å². The largest absolute Gasteiger partial charge is 0.454 e. The lowest BCUT2D eigenvalue weighted by Crippen LogP contribution is -2.27. The van der Waals surface area contributed by atoms with E-state index in [0.717, 1.165) is 0 Å². The molecule has 0 aromatic heterocycles. The number of rotatable bonds is 5. The van der Waals surface area contributed by atoms with Crippen molar-refractivity contribution in [2.24, 2.45) is 0 Å². The van der Waals surface area contributed by atoms with E-state index >= 15 is 0 Å². The van der Waals surface area contributed by atoms with Crippen LogP contribution in [0.5, 0.6) is 0 Å². The average molecular weight is 224 g/mol. The summed E-state index contributed by atoms with van der Waals surface area (Å²) in [5.41, 5.74) is 0.221. The molecule has 0 amide bonds. The Hall–Kier alpha value is -1.04. The van der Waals surface area contributed by atoms with Crippen molar-refractivity contribution in [3.8, 4) is 0 Å². The number of carbonyl (C=O) groups excluding carboxylic acids is 1. The summed E-state index contributed by atoms with van der Waals surface area (Å²) >= 11 is 0. The minimum Gasteiger partial charge on any atom is -0.387 e. The van der Waals surface area contributed by atoms with Gasteiger partial charge in [0.15, 0.2) is 0 Å². The van der Waals surface area contributed by atoms with Gasteiger partial charge in [-0.15, -0.1) is 0 Å². The Morgan fingerprint density at radius 1 is 1.40 bits per heavy atom. The summed E-state index contributed by atoms with van der Waals surface area (Å²) in [5, 5.41) is 2.72. The second kappa shape index (κ2) is 5.75. The smallest absolute Gasteiger partial charge is 0.387 e. The average Bonchev–Trinajstić information content (AvgIpc) is 2.01. The second-order valence-electron chi connectivity index (χ2n) is 3.42. The first-order valence-electron chi connectivity index (χ1n) is 4.41. The first-order chi connectivity index (χ1) is 6.73. The van der Waals surface area contributed by atoms with E-state index in [4.69, 9.17) is 0 Å². The van der Waals surface area contributed by atoms with Gasteiger partial charge in [0.1, 0.15) is 0 Å². The van der Waals surface area contributed by atoms with Gasteiger partial charge in [-0.3, -0.25) is 4.79 Å². The number of hydrogen-bond acceptors (Lipinski definition) is 3. The molecule has 88 valence electrons. The SMILES string of the molecule is C/C(=C/C(=O)C(F)(F)F)NCCN(C)C. The molecule has 1 N–H and O–H groups in total. The van der Waals surface area contributed by atoms with Crippen LogP contribution in [-0.4, -0.2) is 44.0 Å². The van der Waals surface area contributed by atoms with Crippen molar-refractivity contribution in [2.75, 3.05) is 27.2 Å². The number of ketones is 1. The van der Waals surface area contributed by atoms with Gasteiger partial charge in [-0.2, -0.15) is 13.2 Å². The van der Waals surface area contributed by atoms with E-state index in [1.807, 2.05) is 19.0 Å². The lowest BCUT2D eigenvalue weighted by Gasteiger charge is -2.11. The highest BCUT2D eigenvalue weighted by atomic mass is 19.4. The quantitative estimate of drug-likeness (QED) is 0.711. The van der Waals surface area contributed by atoms with Gasteiger partial charge in [0.25, 0.3) is 5.78 Å². The summed E-state index contributed by atoms with van der Waals surface area (Å²) in [4.78, 5) is 12.4.